The first-order valence-electron chi connectivity index (χ1n) is 8.76. The molecule has 0 aliphatic carbocycles. The molecule has 1 aromatic heterocycles. The van der Waals surface area contributed by atoms with Crippen LogP contribution in [0.15, 0.2) is 24.4 Å². The maximum Gasteiger partial charge on any atom is 0.340 e. The number of rotatable bonds is 4. The molecule has 1 aliphatic rings. The summed E-state index contributed by atoms with van der Waals surface area (Å²) in [5.41, 5.74) is 7.65. The van der Waals surface area contributed by atoms with Gasteiger partial charge in [-0.3, -0.25) is 0 Å². The van der Waals surface area contributed by atoms with Gasteiger partial charge in [0, 0.05) is 18.0 Å². The zero-order valence-electron chi connectivity index (χ0n) is 15.0. The average Bonchev–Trinajstić information content (AvgIpc) is 2.67. The van der Waals surface area contributed by atoms with E-state index in [4.69, 9.17) is 5.73 Å². The van der Waals surface area contributed by atoms with Crippen molar-refractivity contribution in [2.24, 2.45) is 0 Å². The fourth-order valence-electron chi connectivity index (χ4n) is 3.34. The number of benzene rings is 1. The number of anilines is 1. The topological polar surface area (TPSA) is 81.3 Å². The molecule has 1 fully saturated rings. The summed E-state index contributed by atoms with van der Waals surface area (Å²) in [6, 6.07) is 4.23. The Morgan fingerprint density at radius 1 is 1.46 bits per heavy atom. The monoisotopic (exact) mass is 358 g/mol. The molecule has 1 atom stereocenters. The number of methoxy groups -OCH3 is 1. The zero-order valence-corrected chi connectivity index (χ0v) is 15.0. The standard InChI is InChI=1S/C19H23FN4O2/c1-3-24-8-4-5-13(11-24)16-10-22-18(21)17(23-16)12-6-7-14(15(20)9-12)19(25)26-2/h6-7,9-10,13H,3-5,8,11H2,1-2H3,(H2,21,22). The molecule has 3 rings (SSSR count). The predicted molar refractivity (Wildman–Crippen MR) is 97.3 cm³/mol. The summed E-state index contributed by atoms with van der Waals surface area (Å²) in [5, 5.41) is 0. The van der Waals surface area contributed by atoms with Crippen molar-refractivity contribution in [1.82, 2.24) is 14.9 Å². The molecule has 1 unspecified atom stereocenters. The van der Waals surface area contributed by atoms with Gasteiger partial charge < -0.3 is 15.4 Å². The number of likely N-dealkylation sites (N-methyl/N-ethyl adjacent to an activating group) is 1. The summed E-state index contributed by atoms with van der Waals surface area (Å²) in [6.45, 7) is 5.19. The van der Waals surface area contributed by atoms with E-state index < -0.39 is 11.8 Å². The third kappa shape index (κ3) is 3.67. The van der Waals surface area contributed by atoms with E-state index >= 15 is 0 Å². The van der Waals surface area contributed by atoms with Crippen LogP contribution in [0.5, 0.6) is 0 Å². The number of ether oxygens (including phenoxy) is 1. The van der Waals surface area contributed by atoms with Crippen LogP contribution >= 0.6 is 0 Å². The van der Waals surface area contributed by atoms with Crippen molar-refractivity contribution in [3.8, 4) is 11.3 Å². The van der Waals surface area contributed by atoms with E-state index in [0.717, 1.165) is 38.2 Å². The van der Waals surface area contributed by atoms with Gasteiger partial charge in [-0.05, 0) is 38.1 Å². The summed E-state index contributed by atoms with van der Waals surface area (Å²) in [7, 11) is 1.21. The van der Waals surface area contributed by atoms with Crippen molar-refractivity contribution in [2.45, 2.75) is 25.7 Å². The summed E-state index contributed by atoms with van der Waals surface area (Å²) >= 11 is 0. The molecule has 0 saturated carbocycles. The van der Waals surface area contributed by atoms with Gasteiger partial charge >= 0.3 is 5.97 Å². The first-order chi connectivity index (χ1) is 12.5. The van der Waals surface area contributed by atoms with E-state index in [-0.39, 0.29) is 17.3 Å². The number of piperidine rings is 1. The Labute approximate surface area is 152 Å². The lowest BCUT2D eigenvalue weighted by molar-refractivity contribution is 0.0595. The van der Waals surface area contributed by atoms with Gasteiger partial charge in [-0.1, -0.05) is 13.0 Å². The Kier molecular flexibility index (Phi) is 5.46. The van der Waals surface area contributed by atoms with Crippen LogP contribution in [0.2, 0.25) is 0 Å². The molecule has 26 heavy (non-hydrogen) atoms. The van der Waals surface area contributed by atoms with Crippen molar-refractivity contribution >= 4 is 11.8 Å². The molecule has 0 radical (unpaired) electrons. The third-order valence-electron chi connectivity index (χ3n) is 4.84. The number of nitrogens with two attached hydrogens (primary N) is 1. The van der Waals surface area contributed by atoms with E-state index in [1.165, 1.54) is 19.2 Å². The number of carbonyl (C=O) groups is 1. The Morgan fingerprint density at radius 3 is 2.96 bits per heavy atom. The van der Waals surface area contributed by atoms with Gasteiger partial charge in [-0.2, -0.15) is 0 Å². The zero-order chi connectivity index (χ0) is 18.7. The van der Waals surface area contributed by atoms with Gasteiger partial charge in [-0.25, -0.2) is 19.2 Å². The van der Waals surface area contributed by atoms with Crippen molar-refractivity contribution in [2.75, 3.05) is 32.5 Å². The molecule has 138 valence electrons. The predicted octanol–water partition coefficient (Wildman–Crippen LogP) is 2.85. The fourth-order valence-corrected chi connectivity index (χ4v) is 3.34. The number of carbonyl (C=O) groups excluding carboxylic acids is 1. The minimum Gasteiger partial charge on any atom is -0.465 e. The number of esters is 1. The normalized spacial score (nSPS) is 17.9. The maximum atomic E-state index is 14.3. The molecule has 7 heteroatoms. The quantitative estimate of drug-likeness (QED) is 0.847. The third-order valence-corrected chi connectivity index (χ3v) is 4.84. The largest absolute Gasteiger partial charge is 0.465 e. The van der Waals surface area contributed by atoms with Gasteiger partial charge in [0.05, 0.1) is 24.6 Å². The van der Waals surface area contributed by atoms with Crippen LogP contribution in [0.3, 0.4) is 0 Å². The van der Waals surface area contributed by atoms with Crippen molar-refractivity contribution in [1.29, 1.82) is 0 Å². The number of halogens is 1. The SMILES string of the molecule is CCN1CCCC(c2cnc(N)c(-c3ccc(C(=O)OC)c(F)c3)n2)C1. The molecular formula is C19H23FN4O2. The first-order valence-corrected chi connectivity index (χ1v) is 8.76. The van der Waals surface area contributed by atoms with Gasteiger partial charge in [0.15, 0.2) is 0 Å². The Morgan fingerprint density at radius 2 is 2.27 bits per heavy atom. The second-order valence-electron chi connectivity index (χ2n) is 6.45. The summed E-state index contributed by atoms with van der Waals surface area (Å²) in [5.74, 6) is -0.864. The molecule has 2 aromatic rings. The highest BCUT2D eigenvalue weighted by molar-refractivity contribution is 5.90. The summed E-state index contributed by atoms with van der Waals surface area (Å²) in [6.07, 6.45) is 3.87. The first kappa shape index (κ1) is 18.3. The second-order valence-corrected chi connectivity index (χ2v) is 6.45. The summed E-state index contributed by atoms with van der Waals surface area (Å²) < 4.78 is 18.8. The van der Waals surface area contributed by atoms with Gasteiger partial charge in [0.25, 0.3) is 0 Å². The van der Waals surface area contributed by atoms with E-state index in [2.05, 4.69) is 26.5 Å². The highest BCUT2D eigenvalue weighted by Gasteiger charge is 2.23. The lowest BCUT2D eigenvalue weighted by atomic mass is 9.94. The number of nitrogens with zero attached hydrogens (tertiary/aromatic N) is 3. The maximum absolute atomic E-state index is 14.3. The second kappa shape index (κ2) is 7.78. The highest BCUT2D eigenvalue weighted by atomic mass is 19.1. The number of likely N-dealkylation sites (tertiary alicyclic amines) is 1. The molecule has 1 aromatic carbocycles. The molecule has 2 N–H and O–H groups in total. The van der Waals surface area contributed by atoms with Gasteiger partial charge in [0.1, 0.15) is 17.3 Å². The van der Waals surface area contributed by atoms with E-state index in [1.54, 1.807) is 12.3 Å². The van der Waals surface area contributed by atoms with Crippen LogP contribution in [0.25, 0.3) is 11.3 Å². The molecule has 0 amide bonds. The molecule has 2 heterocycles. The van der Waals surface area contributed by atoms with Gasteiger partial charge in [0.2, 0.25) is 0 Å². The minimum absolute atomic E-state index is 0.121. The lowest BCUT2D eigenvalue weighted by Gasteiger charge is -2.31. The van der Waals surface area contributed by atoms with E-state index in [1.807, 2.05) is 0 Å². The molecule has 6 nitrogen and oxygen atoms in total. The van der Waals surface area contributed by atoms with Crippen LogP contribution in [0, 0.1) is 5.82 Å². The number of hydrogen-bond donors (Lipinski definition) is 1. The molecular weight excluding hydrogens is 335 g/mol. The Bertz CT molecular complexity index is 812. The van der Waals surface area contributed by atoms with Gasteiger partial charge in [-0.15, -0.1) is 0 Å². The average molecular weight is 358 g/mol. The van der Waals surface area contributed by atoms with Crippen LogP contribution in [-0.2, 0) is 4.74 Å². The van der Waals surface area contributed by atoms with Crippen LogP contribution < -0.4 is 5.73 Å². The van der Waals surface area contributed by atoms with E-state index in [0.29, 0.717) is 11.3 Å². The van der Waals surface area contributed by atoms with Crippen molar-refractivity contribution in [3.05, 3.63) is 41.5 Å². The van der Waals surface area contributed by atoms with Crippen molar-refractivity contribution in [3.63, 3.8) is 0 Å². The molecule has 1 aliphatic heterocycles. The number of hydrogen-bond acceptors (Lipinski definition) is 6. The Hall–Kier alpha value is -2.54. The van der Waals surface area contributed by atoms with E-state index in [9.17, 15) is 9.18 Å². The fraction of sp³-hybridized carbons (Fsp3) is 0.421. The Balaban J connectivity index is 1.93. The lowest BCUT2D eigenvalue weighted by Crippen LogP contribution is -2.34. The van der Waals surface area contributed by atoms with Crippen molar-refractivity contribution < 1.29 is 13.9 Å². The molecule has 0 spiro atoms. The summed E-state index contributed by atoms with van der Waals surface area (Å²) in [4.78, 5) is 22.9. The van der Waals surface area contributed by atoms with Crippen LogP contribution in [0.4, 0.5) is 10.2 Å². The molecule has 0 bridgehead atoms. The van der Waals surface area contributed by atoms with Crippen LogP contribution in [-0.4, -0.2) is 47.6 Å². The number of aromatic nitrogens is 2. The highest BCUT2D eigenvalue weighted by Crippen LogP contribution is 2.30. The van der Waals surface area contributed by atoms with Crippen LogP contribution in [0.1, 0.15) is 41.7 Å². The number of nitrogen functional groups attached to an aromatic ring is 1. The minimum atomic E-state index is -0.719. The smallest absolute Gasteiger partial charge is 0.340 e. The molecule has 1 saturated heterocycles.